The highest BCUT2D eigenvalue weighted by Crippen LogP contribution is 2.35. The number of ether oxygens (including phenoxy) is 1. The zero-order chi connectivity index (χ0) is 16.9. The highest BCUT2D eigenvalue weighted by molar-refractivity contribution is 5.94. The third kappa shape index (κ3) is 4.86. The van der Waals surface area contributed by atoms with E-state index >= 15 is 0 Å². The fourth-order valence-corrected chi connectivity index (χ4v) is 2.46. The zero-order valence-corrected chi connectivity index (χ0v) is 13.0. The van der Waals surface area contributed by atoms with Gasteiger partial charge in [0, 0.05) is 5.92 Å². The minimum absolute atomic E-state index is 0.0804. The molecule has 1 saturated heterocycles. The summed E-state index contributed by atoms with van der Waals surface area (Å²) in [5.41, 5.74) is -0.723. The van der Waals surface area contributed by atoms with E-state index in [2.05, 4.69) is 10.6 Å². The van der Waals surface area contributed by atoms with Crippen molar-refractivity contribution in [3.63, 3.8) is 0 Å². The van der Waals surface area contributed by atoms with Crippen molar-refractivity contribution >= 4 is 11.6 Å². The molecule has 0 aliphatic carbocycles. The molecule has 0 unspecified atom stereocenters. The summed E-state index contributed by atoms with van der Waals surface area (Å²) >= 11 is 0. The molecule has 2 N–H and O–H groups in total. The van der Waals surface area contributed by atoms with Crippen LogP contribution < -0.4 is 15.4 Å². The average molecular weight is 330 g/mol. The number of alkyl halides is 3. The van der Waals surface area contributed by atoms with Crippen LogP contribution in [-0.2, 0) is 11.0 Å². The van der Waals surface area contributed by atoms with Gasteiger partial charge in [0.1, 0.15) is 5.75 Å². The number of amides is 1. The lowest BCUT2D eigenvalue weighted by molar-refractivity contribution is -0.137. The highest BCUT2D eigenvalue weighted by atomic mass is 19.4. The summed E-state index contributed by atoms with van der Waals surface area (Å²) in [5.74, 6) is -0.181. The molecule has 1 heterocycles. The van der Waals surface area contributed by atoms with Crippen LogP contribution in [0.15, 0.2) is 18.2 Å². The molecule has 23 heavy (non-hydrogen) atoms. The molecule has 1 aromatic carbocycles. The standard InChI is InChI=1S/C16H21F3N2O2/c1-2-9-23-14-4-3-12(16(17,18)19)10-13(14)21-15(22)11-5-7-20-8-6-11/h3-4,10-11,20H,2,5-9H2,1H3,(H,21,22). The first-order chi connectivity index (χ1) is 10.9. The molecule has 0 spiro atoms. The number of anilines is 1. The van der Waals surface area contributed by atoms with E-state index < -0.39 is 11.7 Å². The van der Waals surface area contributed by atoms with Crippen LogP contribution in [-0.4, -0.2) is 25.6 Å². The van der Waals surface area contributed by atoms with Gasteiger partial charge in [0.05, 0.1) is 17.9 Å². The molecule has 2 rings (SSSR count). The number of hydrogen-bond acceptors (Lipinski definition) is 3. The van der Waals surface area contributed by atoms with E-state index in [9.17, 15) is 18.0 Å². The van der Waals surface area contributed by atoms with Gasteiger partial charge in [0.15, 0.2) is 0 Å². The van der Waals surface area contributed by atoms with Gasteiger partial charge in [-0.05, 0) is 50.6 Å². The molecule has 1 amide bonds. The molecular formula is C16H21F3N2O2. The van der Waals surface area contributed by atoms with Gasteiger partial charge in [0.2, 0.25) is 5.91 Å². The molecule has 4 nitrogen and oxygen atoms in total. The van der Waals surface area contributed by atoms with Crippen molar-refractivity contribution in [1.82, 2.24) is 5.32 Å². The minimum Gasteiger partial charge on any atom is -0.491 e. The van der Waals surface area contributed by atoms with Crippen LogP contribution in [0.5, 0.6) is 5.75 Å². The van der Waals surface area contributed by atoms with E-state index in [1.807, 2.05) is 6.92 Å². The number of carbonyl (C=O) groups is 1. The topological polar surface area (TPSA) is 50.4 Å². The predicted molar refractivity (Wildman–Crippen MR) is 81.5 cm³/mol. The second kappa shape index (κ2) is 7.68. The van der Waals surface area contributed by atoms with Crippen molar-refractivity contribution in [2.75, 3.05) is 25.0 Å². The molecule has 1 aromatic rings. The summed E-state index contributed by atoms with van der Waals surface area (Å²) in [4.78, 5) is 12.3. The van der Waals surface area contributed by atoms with Crippen LogP contribution >= 0.6 is 0 Å². The Hall–Kier alpha value is -1.76. The fraction of sp³-hybridized carbons (Fsp3) is 0.562. The first-order valence-electron chi connectivity index (χ1n) is 7.77. The number of benzene rings is 1. The lowest BCUT2D eigenvalue weighted by Crippen LogP contribution is -2.34. The smallest absolute Gasteiger partial charge is 0.416 e. The zero-order valence-electron chi connectivity index (χ0n) is 13.0. The summed E-state index contributed by atoms with van der Waals surface area (Å²) in [7, 11) is 0. The minimum atomic E-state index is -4.46. The number of rotatable bonds is 5. The molecule has 1 fully saturated rings. The lowest BCUT2D eigenvalue weighted by atomic mass is 9.97. The number of halogens is 3. The number of nitrogens with one attached hydrogen (secondary N) is 2. The maximum atomic E-state index is 12.9. The molecule has 0 atom stereocenters. The lowest BCUT2D eigenvalue weighted by Gasteiger charge is -2.23. The summed E-state index contributed by atoms with van der Waals surface area (Å²) < 4.78 is 44.1. The van der Waals surface area contributed by atoms with Gasteiger partial charge in [-0.15, -0.1) is 0 Å². The van der Waals surface area contributed by atoms with Gasteiger partial charge >= 0.3 is 6.18 Å². The maximum absolute atomic E-state index is 12.9. The van der Waals surface area contributed by atoms with Crippen LogP contribution in [0.3, 0.4) is 0 Å². The average Bonchev–Trinajstić information content (AvgIpc) is 2.53. The number of hydrogen-bond donors (Lipinski definition) is 2. The van der Waals surface area contributed by atoms with Crippen molar-refractivity contribution in [2.24, 2.45) is 5.92 Å². The van der Waals surface area contributed by atoms with E-state index in [-0.39, 0.29) is 23.3 Å². The molecule has 0 aromatic heterocycles. The van der Waals surface area contributed by atoms with E-state index in [0.29, 0.717) is 19.4 Å². The molecular weight excluding hydrogens is 309 g/mol. The van der Waals surface area contributed by atoms with Crippen LogP contribution in [0.25, 0.3) is 0 Å². The monoisotopic (exact) mass is 330 g/mol. The molecule has 0 radical (unpaired) electrons. The molecule has 0 saturated carbocycles. The first kappa shape index (κ1) is 17.6. The van der Waals surface area contributed by atoms with Crippen molar-refractivity contribution in [2.45, 2.75) is 32.4 Å². The molecule has 0 bridgehead atoms. The molecule has 1 aliphatic rings. The SMILES string of the molecule is CCCOc1ccc(C(F)(F)F)cc1NC(=O)C1CCNCC1. The van der Waals surface area contributed by atoms with Crippen LogP contribution in [0.4, 0.5) is 18.9 Å². The van der Waals surface area contributed by atoms with Crippen molar-refractivity contribution in [1.29, 1.82) is 0 Å². The summed E-state index contributed by atoms with van der Waals surface area (Å²) in [6.07, 6.45) is -2.38. The Morgan fingerprint density at radius 3 is 2.65 bits per heavy atom. The van der Waals surface area contributed by atoms with Crippen LogP contribution in [0, 0.1) is 5.92 Å². The maximum Gasteiger partial charge on any atom is 0.416 e. The largest absolute Gasteiger partial charge is 0.491 e. The normalized spacial score (nSPS) is 16.2. The van der Waals surface area contributed by atoms with E-state index in [1.165, 1.54) is 6.07 Å². The summed E-state index contributed by atoms with van der Waals surface area (Å²) in [6, 6.07) is 3.16. The molecule has 7 heteroatoms. The van der Waals surface area contributed by atoms with Gasteiger partial charge in [-0.2, -0.15) is 13.2 Å². The Balaban J connectivity index is 2.19. The fourth-order valence-electron chi connectivity index (χ4n) is 2.46. The predicted octanol–water partition coefficient (Wildman–Crippen LogP) is 3.43. The highest BCUT2D eigenvalue weighted by Gasteiger charge is 2.32. The van der Waals surface area contributed by atoms with Gasteiger partial charge in [-0.3, -0.25) is 4.79 Å². The van der Waals surface area contributed by atoms with Crippen molar-refractivity contribution < 1.29 is 22.7 Å². The Morgan fingerprint density at radius 1 is 1.35 bits per heavy atom. The summed E-state index contributed by atoms with van der Waals surface area (Å²) in [5, 5.41) is 5.76. The Labute approximate surface area is 133 Å². The van der Waals surface area contributed by atoms with Crippen LogP contribution in [0.2, 0.25) is 0 Å². The third-order valence-corrected chi connectivity index (χ3v) is 3.74. The second-order valence-corrected chi connectivity index (χ2v) is 5.57. The third-order valence-electron chi connectivity index (χ3n) is 3.74. The molecule has 1 aliphatic heterocycles. The van der Waals surface area contributed by atoms with E-state index in [4.69, 9.17) is 4.74 Å². The Morgan fingerprint density at radius 2 is 2.04 bits per heavy atom. The summed E-state index contributed by atoms with van der Waals surface area (Å²) in [6.45, 7) is 3.75. The number of carbonyl (C=O) groups excluding carboxylic acids is 1. The van der Waals surface area contributed by atoms with Gasteiger partial charge in [0.25, 0.3) is 0 Å². The Bertz CT molecular complexity index is 541. The first-order valence-corrected chi connectivity index (χ1v) is 7.77. The van der Waals surface area contributed by atoms with Gasteiger partial charge in [-0.1, -0.05) is 6.92 Å². The van der Waals surface area contributed by atoms with E-state index in [1.54, 1.807) is 0 Å². The second-order valence-electron chi connectivity index (χ2n) is 5.57. The quantitative estimate of drug-likeness (QED) is 0.870. The molecule has 128 valence electrons. The van der Waals surface area contributed by atoms with Gasteiger partial charge < -0.3 is 15.4 Å². The van der Waals surface area contributed by atoms with Crippen LogP contribution in [0.1, 0.15) is 31.7 Å². The van der Waals surface area contributed by atoms with E-state index in [0.717, 1.165) is 31.6 Å². The van der Waals surface area contributed by atoms with Crippen molar-refractivity contribution in [3.05, 3.63) is 23.8 Å². The van der Waals surface area contributed by atoms with Crippen molar-refractivity contribution in [3.8, 4) is 5.75 Å². The number of piperidine rings is 1. The Kier molecular flexibility index (Phi) is 5.87. The van der Waals surface area contributed by atoms with Gasteiger partial charge in [-0.25, -0.2) is 0 Å².